The summed E-state index contributed by atoms with van der Waals surface area (Å²) < 4.78 is 12.3. The van der Waals surface area contributed by atoms with Crippen molar-refractivity contribution < 1.29 is 35.5 Å². The van der Waals surface area contributed by atoms with Gasteiger partial charge in [0.05, 0.1) is 6.17 Å². The molecule has 0 aromatic carbocycles. The van der Waals surface area contributed by atoms with E-state index in [0.717, 1.165) is 6.42 Å². The van der Waals surface area contributed by atoms with Gasteiger partial charge in [-0.1, -0.05) is 13.3 Å². The average molecular weight is 354 g/mol. The molecule has 0 radical (unpaired) electrons. The van der Waals surface area contributed by atoms with Crippen LogP contribution in [0.15, 0.2) is 0 Å². The third-order valence-electron chi connectivity index (χ3n) is 1.56. The Morgan fingerprint density at radius 2 is 2.33 bits per heavy atom. The first-order valence-corrected chi connectivity index (χ1v) is 3.13. The van der Waals surface area contributed by atoms with E-state index in [2.05, 4.69) is 5.32 Å². The minimum Gasteiger partial charge on any atom is -0.657 e. The standard InChI is InChI=1S/C6H11FN.U/c1-2-6-3-5(7)4-8-6;/h5-6H,2-4H2,1H3;/q-1;. The third kappa shape index (κ3) is 3.02. The van der Waals surface area contributed by atoms with E-state index < -0.39 is 6.17 Å². The van der Waals surface area contributed by atoms with Crippen molar-refractivity contribution in [1.82, 2.24) is 0 Å². The Morgan fingerprint density at radius 3 is 2.56 bits per heavy atom. The van der Waals surface area contributed by atoms with Crippen molar-refractivity contribution >= 4 is 0 Å². The Hall–Kier alpha value is 0.942. The molecule has 0 amide bonds. The third-order valence-corrected chi connectivity index (χ3v) is 1.56. The zero-order valence-electron chi connectivity index (χ0n) is 5.60. The fourth-order valence-electron chi connectivity index (χ4n) is 1.00. The molecule has 1 rings (SSSR count). The summed E-state index contributed by atoms with van der Waals surface area (Å²) in [7, 11) is 0. The van der Waals surface area contributed by atoms with Gasteiger partial charge in [0, 0.05) is 31.1 Å². The van der Waals surface area contributed by atoms with Gasteiger partial charge in [0.1, 0.15) is 0 Å². The quantitative estimate of drug-likeness (QED) is 0.683. The fraction of sp³-hybridized carbons (Fsp3) is 1.00. The summed E-state index contributed by atoms with van der Waals surface area (Å²) in [5, 5.41) is 4.06. The maximum absolute atomic E-state index is 12.3. The molecule has 0 aliphatic carbocycles. The van der Waals surface area contributed by atoms with Crippen LogP contribution in [-0.2, 0) is 0 Å². The average Bonchev–Trinajstić information content (AvgIpc) is 2.14. The molecule has 1 nitrogen and oxygen atoms in total. The molecule has 52 valence electrons. The van der Waals surface area contributed by atoms with Crippen LogP contribution in [-0.4, -0.2) is 18.8 Å². The molecule has 2 atom stereocenters. The first kappa shape index (κ1) is 9.94. The topological polar surface area (TPSA) is 14.1 Å². The Kier molecular flexibility index (Phi) is 5.20. The van der Waals surface area contributed by atoms with Gasteiger partial charge < -0.3 is 5.32 Å². The van der Waals surface area contributed by atoms with Crippen LogP contribution >= 0.6 is 0 Å². The minimum absolute atomic E-state index is 0. The molecule has 0 N–H and O–H groups in total. The molecule has 0 aromatic heterocycles. The van der Waals surface area contributed by atoms with E-state index in [0.29, 0.717) is 19.0 Å². The van der Waals surface area contributed by atoms with Crippen molar-refractivity contribution in [2.45, 2.75) is 32.0 Å². The van der Waals surface area contributed by atoms with E-state index in [1.165, 1.54) is 0 Å². The normalized spacial score (nSPS) is 34.0. The maximum Gasteiger partial charge on any atom is 0.0801 e. The first-order chi connectivity index (χ1) is 3.83. The Morgan fingerprint density at radius 1 is 1.67 bits per heavy atom. The van der Waals surface area contributed by atoms with E-state index in [-0.39, 0.29) is 31.1 Å². The predicted octanol–water partition coefficient (Wildman–Crippen LogP) is 1.88. The van der Waals surface area contributed by atoms with E-state index >= 15 is 0 Å². The number of halogens is 1. The van der Waals surface area contributed by atoms with Crippen LogP contribution in [0.25, 0.3) is 5.32 Å². The minimum atomic E-state index is -0.639. The van der Waals surface area contributed by atoms with E-state index in [4.69, 9.17) is 0 Å². The fourth-order valence-corrected chi connectivity index (χ4v) is 1.00. The number of rotatable bonds is 1. The van der Waals surface area contributed by atoms with Crippen LogP contribution in [0.5, 0.6) is 0 Å². The number of hydrogen-bond donors (Lipinski definition) is 0. The molecule has 1 heterocycles. The van der Waals surface area contributed by atoms with Crippen molar-refractivity contribution in [2.75, 3.05) is 6.54 Å². The molecule has 0 spiro atoms. The van der Waals surface area contributed by atoms with Crippen LogP contribution in [0.3, 0.4) is 0 Å². The number of nitrogens with zero attached hydrogens (tertiary/aromatic N) is 1. The molecule has 3 heteroatoms. The van der Waals surface area contributed by atoms with Gasteiger partial charge in [0.2, 0.25) is 0 Å². The van der Waals surface area contributed by atoms with Crippen LogP contribution in [0.2, 0.25) is 0 Å². The van der Waals surface area contributed by atoms with Crippen molar-refractivity contribution in [2.24, 2.45) is 0 Å². The Balaban J connectivity index is 0.000000640. The van der Waals surface area contributed by atoms with E-state index in [9.17, 15) is 4.39 Å². The molecule has 0 bridgehead atoms. The van der Waals surface area contributed by atoms with Gasteiger partial charge in [0.15, 0.2) is 0 Å². The second-order valence-corrected chi connectivity index (χ2v) is 2.26. The molecule has 1 aliphatic rings. The van der Waals surface area contributed by atoms with Gasteiger partial charge in [0.25, 0.3) is 0 Å². The van der Waals surface area contributed by atoms with Crippen LogP contribution in [0.4, 0.5) is 4.39 Å². The van der Waals surface area contributed by atoms with Gasteiger partial charge in [-0.15, -0.1) is 12.6 Å². The van der Waals surface area contributed by atoms with Gasteiger partial charge >= 0.3 is 0 Å². The van der Waals surface area contributed by atoms with Gasteiger partial charge in [-0.05, 0) is 6.42 Å². The van der Waals surface area contributed by atoms with E-state index in [1.807, 2.05) is 6.92 Å². The van der Waals surface area contributed by atoms with Crippen molar-refractivity contribution in [3.05, 3.63) is 5.32 Å². The summed E-state index contributed by atoms with van der Waals surface area (Å²) >= 11 is 0. The van der Waals surface area contributed by atoms with Crippen molar-refractivity contribution in [1.29, 1.82) is 0 Å². The smallest absolute Gasteiger partial charge is 0.0801 e. The zero-order chi connectivity index (χ0) is 5.98. The van der Waals surface area contributed by atoms with Crippen LogP contribution in [0, 0.1) is 31.1 Å². The van der Waals surface area contributed by atoms with Crippen molar-refractivity contribution in [3.63, 3.8) is 0 Å². The summed E-state index contributed by atoms with van der Waals surface area (Å²) in [5.41, 5.74) is 0. The summed E-state index contributed by atoms with van der Waals surface area (Å²) in [4.78, 5) is 0. The first-order valence-electron chi connectivity index (χ1n) is 3.13. The summed E-state index contributed by atoms with van der Waals surface area (Å²) in [6.07, 6.45) is 1.02. The van der Waals surface area contributed by atoms with E-state index in [1.54, 1.807) is 0 Å². The molecular formula is C6H11FNU-. The number of hydrogen-bond acceptors (Lipinski definition) is 0. The maximum atomic E-state index is 12.3. The Labute approximate surface area is 79.2 Å². The predicted molar refractivity (Wildman–Crippen MR) is 31.8 cm³/mol. The van der Waals surface area contributed by atoms with Gasteiger partial charge in [-0.2, -0.15) is 0 Å². The molecule has 0 saturated carbocycles. The van der Waals surface area contributed by atoms with Gasteiger partial charge in [-0.3, -0.25) is 0 Å². The van der Waals surface area contributed by atoms with Crippen LogP contribution in [0.1, 0.15) is 19.8 Å². The SMILES string of the molecule is CCC1CC(F)C[N-]1.[U]. The molecule has 9 heavy (non-hydrogen) atoms. The monoisotopic (exact) mass is 354 g/mol. The largest absolute Gasteiger partial charge is 0.657 e. The molecule has 2 unspecified atom stereocenters. The molecule has 0 aromatic rings. The molecule has 1 fully saturated rings. The second kappa shape index (κ2) is 4.71. The van der Waals surface area contributed by atoms with Crippen LogP contribution < -0.4 is 0 Å². The summed E-state index contributed by atoms with van der Waals surface area (Å²) in [6.45, 7) is 2.49. The summed E-state index contributed by atoms with van der Waals surface area (Å²) in [5.74, 6) is 0. The molecule has 1 saturated heterocycles. The summed E-state index contributed by atoms with van der Waals surface area (Å²) in [6, 6.07) is 0.324. The molecule has 1 aliphatic heterocycles. The van der Waals surface area contributed by atoms with Gasteiger partial charge in [-0.25, -0.2) is 4.39 Å². The molecular weight excluding hydrogens is 343 g/mol. The number of alkyl halides is 1. The zero-order valence-corrected chi connectivity index (χ0v) is 9.76. The van der Waals surface area contributed by atoms with Crippen molar-refractivity contribution in [3.8, 4) is 0 Å². The Bertz CT molecular complexity index is 79.5. The second-order valence-electron chi connectivity index (χ2n) is 2.26.